The first-order chi connectivity index (χ1) is 7.18. The molecule has 5 heteroatoms. The van der Waals surface area contributed by atoms with E-state index in [1.165, 1.54) is 25.7 Å². The van der Waals surface area contributed by atoms with Crippen molar-refractivity contribution in [3.05, 3.63) is 25.5 Å². The minimum Gasteiger partial charge on any atom is -0.266 e. The van der Waals surface area contributed by atoms with Crippen LogP contribution in [-0.2, 0) is 6.54 Å². The third-order valence-electron chi connectivity index (χ3n) is 2.85. The van der Waals surface area contributed by atoms with Crippen molar-refractivity contribution in [2.75, 3.05) is 0 Å². The van der Waals surface area contributed by atoms with Crippen LogP contribution in [0.25, 0.3) is 0 Å². The summed E-state index contributed by atoms with van der Waals surface area (Å²) in [6, 6.07) is 0. The van der Waals surface area contributed by atoms with Crippen LogP contribution in [0.5, 0.6) is 0 Å². The summed E-state index contributed by atoms with van der Waals surface area (Å²) in [6.07, 6.45) is 6.69. The van der Waals surface area contributed by atoms with Crippen LogP contribution >= 0.6 is 31.9 Å². The smallest absolute Gasteiger partial charge is 0.266 e. The van der Waals surface area contributed by atoms with Gasteiger partial charge in [0, 0.05) is 6.54 Å². The van der Waals surface area contributed by atoms with Crippen LogP contribution in [0.15, 0.2) is 19.9 Å². The predicted octanol–water partition coefficient (Wildman–Crippen LogP) is 2.96. The standard InChI is InChI=1S/C10H12Br2N2O/c11-8-5-13-14(10(15)9(8)12)6-7-3-1-2-4-7/h5,7H,1-4,6H2. The fourth-order valence-corrected chi connectivity index (χ4v) is 2.58. The lowest BCUT2D eigenvalue weighted by molar-refractivity contribution is 0.413. The average Bonchev–Trinajstić information content (AvgIpc) is 2.72. The molecule has 0 atom stereocenters. The monoisotopic (exact) mass is 334 g/mol. The molecule has 0 amide bonds. The molecule has 2 rings (SSSR count). The molecule has 0 saturated heterocycles. The van der Waals surface area contributed by atoms with Gasteiger partial charge in [0.1, 0.15) is 4.47 Å². The van der Waals surface area contributed by atoms with Crippen molar-refractivity contribution in [3.63, 3.8) is 0 Å². The highest BCUT2D eigenvalue weighted by atomic mass is 79.9. The average molecular weight is 336 g/mol. The topological polar surface area (TPSA) is 34.9 Å². The molecule has 1 heterocycles. The molecule has 0 bridgehead atoms. The molecule has 1 saturated carbocycles. The summed E-state index contributed by atoms with van der Waals surface area (Å²) >= 11 is 6.53. The molecular formula is C10H12Br2N2O. The molecule has 1 aromatic rings. The van der Waals surface area contributed by atoms with Gasteiger partial charge >= 0.3 is 0 Å². The van der Waals surface area contributed by atoms with Gasteiger partial charge in [-0.1, -0.05) is 12.8 Å². The fraction of sp³-hybridized carbons (Fsp3) is 0.600. The molecule has 82 valence electrons. The van der Waals surface area contributed by atoms with Gasteiger partial charge in [-0.25, -0.2) is 4.68 Å². The van der Waals surface area contributed by atoms with Crippen LogP contribution in [0.2, 0.25) is 0 Å². The first-order valence-electron chi connectivity index (χ1n) is 5.09. The van der Waals surface area contributed by atoms with Gasteiger partial charge in [-0.15, -0.1) is 0 Å². The Kier molecular flexibility index (Phi) is 3.61. The fourth-order valence-electron chi connectivity index (χ4n) is 2.01. The normalized spacial score (nSPS) is 17.2. The quantitative estimate of drug-likeness (QED) is 0.832. The zero-order valence-electron chi connectivity index (χ0n) is 8.25. The van der Waals surface area contributed by atoms with Gasteiger partial charge in [0.15, 0.2) is 0 Å². The van der Waals surface area contributed by atoms with Gasteiger partial charge in [-0.3, -0.25) is 4.79 Å². The van der Waals surface area contributed by atoms with Crippen LogP contribution in [-0.4, -0.2) is 9.78 Å². The predicted molar refractivity (Wildman–Crippen MR) is 65.9 cm³/mol. The number of halogens is 2. The van der Waals surface area contributed by atoms with Crippen molar-refractivity contribution in [1.29, 1.82) is 0 Å². The Labute approximate surface area is 105 Å². The first-order valence-corrected chi connectivity index (χ1v) is 6.68. The number of hydrogen-bond donors (Lipinski definition) is 0. The summed E-state index contributed by atoms with van der Waals surface area (Å²) in [6.45, 7) is 0.755. The zero-order chi connectivity index (χ0) is 10.8. The van der Waals surface area contributed by atoms with E-state index < -0.39 is 0 Å². The van der Waals surface area contributed by atoms with E-state index in [9.17, 15) is 4.79 Å². The van der Waals surface area contributed by atoms with Crippen molar-refractivity contribution in [2.24, 2.45) is 5.92 Å². The highest BCUT2D eigenvalue weighted by Crippen LogP contribution is 2.25. The maximum absolute atomic E-state index is 11.8. The van der Waals surface area contributed by atoms with Gasteiger partial charge in [0.05, 0.1) is 10.7 Å². The van der Waals surface area contributed by atoms with Crippen molar-refractivity contribution >= 4 is 31.9 Å². The summed E-state index contributed by atoms with van der Waals surface area (Å²) in [5, 5.41) is 4.13. The lowest BCUT2D eigenvalue weighted by Crippen LogP contribution is -2.26. The summed E-state index contributed by atoms with van der Waals surface area (Å²) in [7, 11) is 0. The maximum atomic E-state index is 11.8. The third-order valence-corrected chi connectivity index (χ3v) is 4.75. The summed E-state index contributed by atoms with van der Waals surface area (Å²) in [4.78, 5) is 11.8. The van der Waals surface area contributed by atoms with E-state index in [2.05, 4.69) is 37.0 Å². The minimum absolute atomic E-state index is 0.0451. The second kappa shape index (κ2) is 4.78. The Morgan fingerprint density at radius 3 is 2.73 bits per heavy atom. The van der Waals surface area contributed by atoms with Crippen LogP contribution in [0.1, 0.15) is 25.7 Å². The van der Waals surface area contributed by atoms with Gasteiger partial charge in [0.25, 0.3) is 5.56 Å². The van der Waals surface area contributed by atoms with Crippen molar-refractivity contribution in [3.8, 4) is 0 Å². The lowest BCUT2D eigenvalue weighted by Gasteiger charge is -2.10. The van der Waals surface area contributed by atoms with E-state index in [0.29, 0.717) is 10.4 Å². The van der Waals surface area contributed by atoms with Crippen LogP contribution in [0.4, 0.5) is 0 Å². The summed E-state index contributed by atoms with van der Waals surface area (Å²) < 4.78 is 2.84. The van der Waals surface area contributed by atoms with Crippen LogP contribution < -0.4 is 5.56 Å². The van der Waals surface area contributed by atoms with Gasteiger partial charge in [-0.2, -0.15) is 5.10 Å². The minimum atomic E-state index is -0.0451. The highest BCUT2D eigenvalue weighted by Gasteiger charge is 2.17. The second-order valence-electron chi connectivity index (χ2n) is 3.94. The molecule has 3 nitrogen and oxygen atoms in total. The number of nitrogens with zero attached hydrogens (tertiary/aromatic N) is 2. The lowest BCUT2D eigenvalue weighted by atomic mass is 10.1. The van der Waals surface area contributed by atoms with Crippen molar-refractivity contribution in [1.82, 2.24) is 9.78 Å². The third kappa shape index (κ3) is 2.50. The van der Waals surface area contributed by atoms with E-state index in [1.54, 1.807) is 10.9 Å². The van der Waals surface area contributed by atoms with Crippen molar-refractivity contribution in [2.45, 2.75) is 32.2 Å². The van der Waals surface area contributed by atoms with Gasteiger partial charge in [-0.05, 0) is 50.6 Å². The molecule has 0 N–H and O–H groups in total. The molecule has 15 heavy (non-hydrogen) atoms. The van der Waals surface area contributed by atoms with Crippen LogP contribution in [0.3, 0.4) is 0 Å². The number of hydrogen-bond acceptors (Lipinski definition) is 2. The van der Waals surface area contributed by atoms with E-state index in [-0.39, 0.29) is 5.56 Å². The van der Waals surface area contributed by atoms with E-state index in [1.807, 2.05) is 0 Å². The van der Waals surface area contributed by atoms with E-state index >= 15 is 0 Å². The van der Waals surface area contributed by atoms with E-state index in [0.717, 1.165) is 11.0 Å². The first kappa shape index (κ1) is 11.3. The SMILES string of the molecule is O=c1c(Br)c(Br)cnn1CC1CCCC1. The Hall–Kier alpha value is -0.160. The highest BCUT2D eigenvalue weighted by molar-refractivity contribution is 9.13. The van der Waals surface area contributed by atoms with E-state index in [4.69, 9.17) is 0 Å². The second-order valence-corrected chi connectivity index (χ2v) is 5.59. The molecule has 0 spiro atoms. The molecule has 1 fully saturated rings. The molecule has 0 aromatic carbocycles. The Morgan fingerprint density at radius 1 is 1.40 bits per heavy atom. The number of rotatable bonds is 2. The maximum Gasteiger partial charge on any atom is 0.282 e. The molecule has 1 aromatic heterocycles. The molecule has 0 radical (unpaired) electrons. The molecule has 1 aliphatic carbocycles. The van der Waals surface area contributed by atoms with Crippen molar-refractivity contribution < 1.29 is 0 Å². The van der Waals surface area contributed by atoms with Gasteiger partial charge in [0.2, 0.25) is 0 Å². The molecule has 1 aliphatic rings. The van der Waals surface area contributed by atoms with Crippen LogP contribution in [0, 0.1) is 5.92 Å². The molecule has 0 aliphatic heterocycles. The zero-order valence-corrected chi connectivity index (χ0v) is 11.4. The number of aromatic nitrogens is 2. The largest absolute Gasteiger partial charge is 0.282 e. The Balaban J connectivity index is 2.21. The van der Waals surface area contributed by atoms with Gasteiger partial charge < -0.3 is 0 Å². The molecular weight excluding hydrogens is 324 g/mol. The Bertz CT molecular complexity index is 410. The summed E-state index contributed by atoms with van der Waals surface area (Å²) in [5.74, 6) is 0.628. The Morgan fingerprint density at radius 2 is 2.07 bits per heavy atom. The summed E-state index contributed by atoms with van der Waals surface area (Å²) in [5.41, 5.74) is -0.0451. The molecule has 0 unspecified atom stereocenters.